The number of oxazole rings is 1. The number of hydrogen-bond donors (Lipinski definition) is 0. The Kier molecular flexibility index (Phi) is 4.63. The lowest BCUT2D eigenvalue weighted by atomic mass is 10.0. The zero-order valence-corrected chi connectivity index (χ0v) is 17.7. The first-order valence-corrected chi connectivity index (χ1v) is 10.1. The van der Waals surface area contributed by atoms with Gasteiger partial charge in [-0.25, -0.2) is 4.79 Å². The van der Waals surface area contributed by atoms with Crippen LogP contribution < -0.4 is 5.76 Å². The summed E-state index contributed by atoms with van der Waals surface area (Å²) in [6.45, 7) is 11.2. The zero-order chi connectivity index (χ0) is 20.9. The van der Waals surface area contributed by atoms with Crippen LogP contribution in [0.1, 0.15) is 61.4 Å². The summed E-state index contributed by atoms with van der Waals surface area (Å²) in [4.78, 5) is 27.5. The highest BCUT2D eigenvalue weighted by Crippen LogP contribution is 2.28. The molecule has 29 heavy (non-hydrogen) atoms. The van der Waals surface area contributed by atoms with E-state index >= 15 is 0 Å². The number of fused-ring (bicyclic) bond motifs is 1. The quantitative estimate of drug-likeness (QED) is 0.663. The van der Waals surface area contributed by atoms with Crippen LogP contribution in [-0.4, -0.2) is 38.2 Å². The molecule has 1 saturated heterocycles. The molecular formula is C22H28N4O3. The summed E-state index contributed by atoms with van der Waals surface area (Å²) in [5.41, 5.74) is 3.71. The third kappa shape index (κ3) is 3.39. The van der Waals surface area contributed by atoms with Crippen molar-refractivity contribution in [2.45, 2.75) is 59.0 Å². The molecule has 3 aromatic rings. The molecule has 7 nitrogen and oxygen atoms in total. The van der Waals surface area contributed by atoms with Crippen LogP contribution in [0.5, 0.6) is 0 Å². The molecule has 7 heteroatoms. The highest BCUT2D eigenvalue weighted by Gasteiger charge is 2.31. The number of para-hydroxylation sites is 1. The molecule has 4 rings (SSSR count). The van der Waals surface area contributed by atoms with E-state index in [-0.39, 0.29) is 23.2 Å². The minimum absolute atomic E-state index is 0.000413. The molecule has 0 N–H and O–H groups in total. The second-order valence-corrected chi connectivity index (χ2v) is 8.94. The van der Waals surface area contributed by atoms with Gasteiger partial charge in [-0.15, -0.1) is 0 Å². The third-order valence-corrected chi connectivity index (χ3v) is 5.64. The Balaban J connectivity index is 1.56. The number of piperidine rings is 1. The minimum Gasteiger partial charge on any atom is -0.408 e. The Labute approximate surface area is 169 Å². The Morgan fingerprint density at radius 2 is 1.86 bits per heavy atom. The Morgan fingerprint density at radius 3 is 2.52 bits per heavy atom. The number of carbonyl (C=O) groups is 1. The molecule has 0 unspecified atom stereocenters. The number of nitrogens with zero attached hydrogens (tertiary/aromatic N) is 4. The maximum absolute atomic E-state index is 13.2. The van der Waals surface area contributed by atoms with E-state index in [1.807, 2.05) is 68.5 Å². The third-order valence-electron chi connectivity index (χ3n) is 5.64. The highest BCUT2D eigenvalue weighted by molar-refractivity contribution is 5.93. The van der Waals surface area contributed by atoms with Gasteiger partial charge < -0.3 is 9.32 Å². The number of amides is 1. The number of rotatable bonds is 2. The summed E-state index contributed by atoms with van der Waals surface area (Å²) in [6.07, 6.45) is 1.44. The lowest BCUT2D eigenvalue weighted by molar-refractivity contribution is 0.0673. The van der Waals surface area contributed by atoms with Crippen LogP contribution in [0.4, 0.5) is 0 Å². The SMILES string of the molecule is Cc1cc(C(=O)N2CCC(n3c(=O)oc4cccc(C)c43)CC2)n(C(C)(C)C)n1. The predicted molar refractivity (Wildman–Crippen MR) is 111 cm³/mol. The van der Waals surface area contributed by atoms with Crippen LogP contribution in [0.3, 0.4) is 0 Å². The fourth-order valence-electron chi connectivity index (χ4n) is 4.24. The maximum atomic E-state index is 13.2. The summed E-state index contributed by atoms with van der Waals surface area (Å²) in [5.74, 6) is -0.319. The number of hydrogen-bond acceptors (Lipinski definition) is 4. The largest absolute Gasteiger partial charge is 0.420 e. The molecule has 0 saturated carbocycles. The Bertz CT molecular complexity index is 1120. The Morgan fingerprint density at radius 1 is 1.17 bits per heavy atom. The molecule has 1 fully saturated rings. The standard InChI is InChI=1S/C22H28N4O3/c1-14-7-6-8-18-19(14)25(21(28)29-18)16-9-11-24(12-10-16)20(27)17-13-15(2)23-26(17)22(3,4)5/h6-8,13,16H,9-12H2,1-5H3. The second kappa shape index (κ2) is 6.90. The van der Waals surface area contributed by atoms with Gasteiger partial charge in [-0.3, -0.25) is 14.0 Å². The number of carbonyl (C=O) groups excluding carboxylic acids is 1. The van der Waals surface area contributed by atoms with E-state index in [0.717, 1.165) is 29.6 Å². The molecule has 0 bridgehead atoms. The molecule has 0 radical (unpaired) electrons. The van der Waals surface area contributed by atoms with Crippen molar-refractivity contribution in [2.75, 3.05) is 13.1 Å². The van der Waals surface area contributed by atoms with E-state index in [9.17, 15) is 9.59 Å². The lowest BCUT2D eigenvalue weighted by Gasteiger charge is -2.33. The van der Waals surface area contributed by atoms with Crippen LogP contribution in [-0.2, 0) is 5.54 Å². The van der Waals surface area contributed by atoms with E-state index in [2.05, 4.69) is 5.10 Å². The van der Waals surface area contributed by atoms with Crippen molar-refractivity contribution in [2.24, 2.45) is 0 Å². The van der Waals surface area contributed by atoms with E-state index in [0.29, 0.717) is 24.4 Å². The first-order chi connectivity index (χ1) is 13.7. The summed E-state index contributed by atoms with van der Waals surface area (Å²) < 4.78 is 9.04. The molecule has 1 aromatic carbocycles. The lowest BCUT2D eigenvalue weighted by Crippen LogP contribution is -2.42. The normalized spacial score (nSPS) is 16.0. The Hall–Kier alpha value is -2.83. The first kappa shape index (κ1) is 19.5. The monoisotopic (exact) mass is 396 g/mol. The molecule has 2 aromatic heterocycles. The molecule has 0 aliphatic carbocycles. The molecule has 154 valence electrons. The van der Waals surface area contributed by atoms with Crippen LogP contribution in [0, 0.1) is 13.8 Å². The smallest absolute Gasteiger partial charge is 0.408 e. The molecule has 1 aliphatic heterocycles. The average molecular weight is 396 g/mol. The fourth-order valence-corrected chi connectivity index (χ4v) is 4.24. The van der Waals surface area contributed by atoms with Gasteiger partial charge in [0.25, 0.3) is 5.91 Å². The molecule has 0 spiro atoms. The van der Waals surface area contributed by atoms with Crippen molar-refractivity contribution >= 4 is 17.0 Å². The van der Waals surface area contributed by atoms with Crippen LogP contribution in [0.15, 0.2) is 33.5 Å². The zero-order valence-electron chi connectivity index (χ0n) is 17.7. The number of likely N-dealkylation sites (tertiary alicyclic amines) is 1. The fraction of sp³-hybridized carbons (Fsp3) is 0.500. The van der Waals surface area contributed by atoms with E-state index in [1.165, 1.54) is 0 Å². The van der Waals surface area contributed by atoms with Crippen molar-refractivity contribution in [3.63, 3.8) is 0 Å². The first-order valence-electron chi connectivity index (χ1n) is 10.1. The second-order valence-electron chi connectivity index (χ2n) is 8.94. The van der Waals surface area contributed by atoms with Crippen molar-refractivity contribution in [1.29, 1.82) is 0 Å². The molecule has 1 amide bonds. The van der Waals surface area contributed by atoms with Crippen molar-refractivity contribution in [3.8, 4) is 0 Å². The summed E-state index contributed by atoms with van der Waals surface area (Å²) in [5, 5.41) is 4.52. The number of aryl methyl sites for hydroxylation is 2. The van der Waals surface area contributed by atoms with Crippen molar-refractivity contribution in [1.82, 2.24) is 19.2 Å². The highest BCUT2D eigenvalue weighted by atomic mass is 16.4. The van der Waals surface area contributed by atoms with Crippen LogP contribution in [0.2, 0.25) is 0 Å². The average Bonchev–Trinajstić information content (AvgIpc) is 3.21. The summed E-state index contributed by atoms with van der Waals surface area (Å²) in [6, 6.07) is 7.60. The topological polar surface area (TPSA) is 73.3 Å². The van der Waals surface area contributed by atoms with Crippen molar-refractivity contribution in [3.05, 3.63) is 51.8 Å². The minimum atomic E-state index is -0.319. The van der Waals surface area contributed by atoms with Gasteiger partial charge in [0.05, 0.1) is 16.7 Å². The van der Waals surface area contributed by atoms with Gasteiger partial charge in [-0.2, -0.15) is 5.10 Å². The van der Waals surface area contributed by atoms with Crippen LogP contribution >= 0.6 is 0 Å². The molecular weight excluding hydrogens is 368 g/mol. The van der Waals surface area contributed by atoms with Crippen molar-refractivity contribution < 1.29 is 9.21 Å². The van der Waals surface area contributed by atoms with E-state index in [4.69, 9.17) is 4.42 Å². The van der Waals surface area contributed by atoms with E-state index in [1.54, 1.807) is 4.57 Å². The summed E-state index contributed by atoms with van der Waals surface area (Å²) >= 11 is 0. The van der Waals surface area contributed by atoms with Gasteiger partial charge in [-0.05, 0) is 65.2 Å². The van der Waals surface area contributed by atoms with Gasteiger partial charge in [0.15, 0.2) is 5.58 Å². The summed E-state index contributed by atoms with van der Waals surface area (Å²) in [7, 11) is 0. The number of aromatic nitrogens is 3. The van der Waals surface area contributed by atoms with Gasteiger partial charge in [-0.1, -0.05) is 12.1 Å². The van der Waals surface area contributed by atoms with E-state index < -0.39 is 0 Å². The maximum Gasteiger partial charge on any atom is 0.420 e. The van der Waals surface area contributed by atoms with Gasteiger partial charge >= 0.3 is 5.76 Å². The van der Waals surface area contributed by atoms with Gasteiger partial charge in [0.1, 0.15) is 5.69 Å². The van der Waals surface area contributed by atoms with Gasteiger partial charge in [0.2, 0.25) is 0 Å². The predicted octanol–water partition coefficient (Wildman–Crippen LogP) is 3.64. The molecule has 1 aliphatic rings. The molecule has 3 heterocycles. The van der Waals surface area contributed by atoms with Gasteiger partial charge in [0, 0.05) is 19.1 Å². The van der Waals surface area contributed by atoms with Crippen LogP contribution in [0.25, 0.3) is 11.1 Å². The molecule has 0 atom stereocenters. The number of benzene rings is 1.